The number of rotatable bonds is 8. The lowest BCUT2D eigenvalue weighted by atomic mass is 10.1. The molecule has 4 aromatic rings. The number of carbonyl (C=O) groups excluding carboxylic acids is 2. The van der Waals surface area contributed by atoms with Gasteiger partial charge in [0, 0.05) is 40.5 Å². The first-order chi connectivity index (χ1) is 15.5. The first-order valence-corrected chi connectivity index (χ1v) is 12.8. The zero-order valence-corrected chi connectivity index (χ0v) is 20.0. The van der Waals surface area contributed by atoms with Crippen LogP contribution in [0.15, 0.2) is 57.1 Å². The molecule has 4 rings (SSSR count). The Kier molecular flexibility index (Phi) is 6.88. The van der Waals surface area contributed by atoms with Gasteiger partial charge in [-0.3, -0.25) is 19.0 Å². The zero-order chi connectivity index (χ0) is 22.7. The smallest absolute Gasteiger partial charge is 0.263 e. The molecule has 0 bridgehead atoms. The molecular formula is C23H21N3O3S3. The maximum absolute atomic E-state index is 13.0. The first kappa shape index (κ1) is 22.4. The Morgan fingerprint density at radius 3 is 2.62 bits per heavy atom. The summed E-state index contributed by atoms with van der Waals surface area (Å²) < 4.78 is 1.51. The van der Waals surface area contributed by atoms with Crippen molar-refractivity contribution in [2.75, 3.05) is 11.1 Å². The summed E-state index contributed by atoms with van der Waals surface area (Å²) in [5.41, 5.74) is 2.02. The molecule has 1 amide bonds. The lowest BCUT2D eigenvalue weighted by molar-refractivity contribution is -0.116. The van der Waals surface area contributed by atoms with Crippen LogP contribution >= 0.6 is 34.4 Å². The van der Waals surface area contributed by atoms with Crippen LogP contribution in [0.5, 0.6) is 0 Å². The van der Waals surface area contributed by atoms with E-state index in [-0.39, 0.29) is 23.0 Å². The summed E-state index contributed by atoms with van der Waals surface area (Å²) in [7, 11) is 1.69. The molecule has 0 spiro atoms. The van der Waals surface area contributed by atoms with Gasteiger partial charge >= 0.3 is 0 Å². The van der Waals surface area contributed by atoms with Gasteiger partial charge in [-0.1, -0.05) is 24.8 Å². The molecule has 0 fully saturated rings. The minimum atomic E-state index is -0.109. The number of hydrogen-bond donors (Lipinski definition) is 1. The highest BCUT2D eigenvalue weighted by Crippen LogP contribution is 2.34. The maximum atomic E-state index is 13.0. The van der Waals surface area contributed by atoms with Crippen LogP contribution in [0.2, 0.25) is 0 Å². The Morgan fingerprint density at radius 2 is 1.94 bits per heavy atom. The summed E-state index contributed by atoms with van der Waals surface area (Å²) in [6.45, 7) is 1.95. The number of nitrogens with one attached hydrogen (secondary N) is 1. The number of thioether (sulfide) groups is 1. The minimum Gasteiger partial charge on any atom is -0.326 e. The second-order valence-electron chi connectivity index (χ2n) is 7.15. The SMILES string of the molecule is CCCC(=O)Nc1ccc(C(=O)CSc2nc3scc(-c4cccs4)c3c(=O)n2C)cc1. The van der Waals surface area contributed by atoms with Crippen LogP contribution in [0.25, 0.3) is 20.7 Å². The van der Waals surface area contributed by atoms with Crippen LogP contribution in [-0.2, 0) is 11.8 Å². The molecule has 3 heterocycles. The van der Waals surface area contributed by atoms with E-state index in [1.807, 2.05) is 29.8 Å². The number of anilines is 1. The normalized spacial score (nSPS) is 11.1. The molecule has 32 heavy (non-hydrogen) atoms. The van der Waals surface area contributed by atoms with Crippen molar-refractivity contribution >= 4 is 62.0 Å². The van der Waals surface area contributed by atoms with Crippen LogP contribution in [0.4, 0.5) is 5.69 Å². The van der Waals surface area contributed by atoms with Gasteiger partial charge in [-0.15, -0.1) is 22.7 Å². The standard InChI is InChI=1S/C23H21N3O3S3/c1-3-5-19(28)24-15-9-7-14(8-10-15)17(27)13-32-23-25-21-20(22(29)26(23)2)16(12-31-21)18-6-4-11-30-18/h4,6-12H,3,5,13H2,1-2H3,(H,24,28). The predicted octanol–water partition coefficient (Wildman–Crippen LogP) is 5.44. The van der Waals surface area contributed by atoms with Crippen LogP contribution in [0, 0.1) is 0 Å². The number of nitrogens with zero attached hydrogens (tertiary/aromatic N) is 2. The van der Waals surface area contributed by atoms with Crippen molar-refractivity contribution in [1.82, 2.24) is 9.55 Å². The van der Waals surface area contributed by atoms with E-state index < -0.39 is 0 Å². The van der Waals surface area contributed by atoms with Gasteiger partial charge in [0.2, 0.25) is 5.91 Å². The molecule has 164 valence electrons. The van der Waals surface area contributed by atoms with Crippen molar-refractivity contribution in [3.05, 3.63) is 63.1 Å². The molecule has 0 aliphatic carbocycles. The fraction of sp³-hybridized carbons (Fsp3) is 0.217. The molecule has 0 saturated heterocycles. The third-order valence-electron chi connectivity index (χ3n) is 4.86. The number of fused-ring (bicyclic) bond motifs is 1. The van der Waals surface area contributed by atoms with Crippen molar-refractivity contribution in [3.63, 3.8) is 0 Å². The lowest BCUT2D eigenvalue weighted by Crippen LogP contribution is -2.20. The van der Waals surface area contributed by atoms with E-state index in [9.17, 15) is 14.4 Å². The van der Waals surface area contributed by atoms with Gasteiger partial charge in [0.05, 0.1) is 11.1 Å². The molecule has 6 nitrogen and oxygen atoms in total. The summed E-state index contributed by atoms with van der Waals surface area (Å²) >= 11 is 4.28. The quantitative estimate of drug-likeness (QED) is 0.205. The largest absolute Gasteiger partial charge is 0.326 e. The molecule has 9 heteroatoms. The number of ketones is 1. The van der Waals surface area contributed by atoms with Crippen LogP contribution in [0.3, 0.4) is 0 Å². The fourth-order valence-electron chi connectivity index (χ4n) is 3.20. The van der Waals surface area contributed by atoms with Crippen molar-refractivity contribution in [2.24, 2.45) is 7.05 Å². The molecule has 0 aliphatic rings. The lowest BCUT2D eigenvalue weighted by Gasteiger charge is -2.08. The minimum absolute atomic E-state index is 0.0414. The Balaban J connectivity index is 1.48. The number of Topliss-reactive ketones (excluding diaryl/α,β-unsaturated/α-hetero) is 1. The van der Waals surface area contributed by atoms with Crippen molar-refractivity contribution in [1.29, 1.82) is 0 Å². The Morgan fingerprint density at radius 1 is 1.16 bits per heavy atom. The first-order valence-electron chi connectivity index (χ1n) is 10.1. The number of amides is 1. The van der Waals surface area contributed by atoms with Crippen molar-refractivity contribution in [2.45, 2.75) is 24.9 Å². The number of thiophene rings is 2. The van der Waals surface area contributed by atoms with Gasteiger partial charge in [-0.25, -0.2) is 4.98 Å². The number of carbonyl (C=O) groups is 2. The van der Waals surface area contributed by atoms with Crippen LogP contribution < -0.4 is 10.9 Å². The Labute approximate surface area is 197 Å². The van der Waals surface area contributed by atoms with Crippen molar-refractivity contribution < 1.29 is 9.59 Å². The Hall–Kier alpha value is -2.75. The molecule has 0 radical (unpaired) electrons. The van der Waals surface area contributed by atoms with E-state index in [2.05, 4.69) is 10.3 Å². The van der Waals surface area contributed by atoms with Gasteiger partial charge in [-0.2, -0.15) is 0 Å². The van der Waals surface area contributed by atoms with Gasteiger partial charge in [0.25, 0.3) is 5.56 Å². The van der Waals surface area contributed by atoms with Gasteiger partial charge < -0.3 is 5.32 Å². The summed E-state index contributed by atoms with van der Waals surface area (Å²) in [5.74, 6) is 0.0535. The van der Waals surface area contributed by atoms with E-state index in [0.717, 1.165) is 16.9 Å². The van der Waals surface area contributed by atoms with Crippen LogP contribution in [0.1, 0.15) is 30.1 Å². The average molecular weight is 484 g/mol. The van der Waals surface area contributed by atoms with E-state index in [4.69, 9.17) is 0 Å². The summed E-state index contributed by atoms with van der Waals surface area (Å²) in [6, 6.07) is 10.8. The third-order valence-corrected chi connectivity index (χ3v) is 7.67. The number of benzene rings is 1. The summed E-state index contributed by atoms with van der Waals surface area (Å²) in [4.78, 5) is 43.7. The number of aromatic nitrogens is 2. The second-order valence-corrected chi connectivity index (χ2v) is 9.90. The molecule has 3 aromatic heterocycles. The highest BCUT2D eigenvalue weighted by Gasteiger charge is 2.17. The molecule has 0 saturated carbocycles. The van der Waals surface area contributed by atoms with Gasteiger partial charge in [0.15, 0.2) is 10.9 Å². The molecule has 1 N–H and O–H groups in total. The van der Waals surface area contributed by atoms with E-state index in [1.54, 1.807) is 42.6 Å². The zero-order valence-electron chi connectivity index (χ0n) is 17.6. The fourth-order valence-corrected chi connectivity index (χ4v) is 5.87. The molecule has 1 aromatic carbocycles. The topological polar surface area (TPSA) is 81.1 Å². The highest BCUT2D eigenvalue weighted by molar-refractivity contribution is 7.99. The monoisotopic (exact) mass is 483 g/mol. The summed E-state index contributed by atoms with van der Waals surface area (Å²) in [5, 5.41) is 7.89. The molecule has 0 aliphatic heterocycles. The number of hydrogen-bond acceptors (Lipinski definition) is 7. The average Bonchev–Trinajstić information content (AvgIpc) is 3.45. The predicted molar refractivity (Wildman–Crippen MR) is 133 cm³/mol. The summed E-state index contributed by atoms with van der Waals surface area (Å²) in [6.07, 6.45) is 1.25. The second kappa shape index (κ2) is 9.81. The van der Waals surface area contributed by atoms with Crippen molar-refractivity contribution in [3.8, 4) is 10.4 Å². The van der Waals surface area contributed by atoms with E-state index in [1.165, 1.54) is 27.7 Å². The highest BCUT2D eigenvalue weighted by atomic mass is 32.2. The third kappa shape index (κ3) is 4.69. The molecule has 0 atom stereocenters. The van der Waals surface area contributed by atoms with Gasteiger partial charge in [0.1, 0.15) is 4.83 Å². The Bertz CT molecular complexity index is 1320. The van der Waals surface area contributed by atoms with Crippen LogP contribution in [-0.4, -0.2) is 27.0 Å². The maximum Gasteiger partial charge on any atom is 0.263 e. The van der Waals surface area contributed by atoms with Gasteiger partial charge in [-0.05, 0) is 42.1 Å². The molecular weight excluding hydrogens is 462 g/mol. The molecule has 0 unspecified atom stereocenters. The van der Waals surface area contributed by atoms with E-state index >= 15 is 0 Å². The van der Waals surface area contributed by atoms with E-state index in [0.29, 0.717) is 33.0 Å².